The van der Waals surface area contributed by atoms with Gasteiger partial charge in [0.2, 0.25) is 0 Å². The summed E-state index contributed by atoms with van der Waals surface area (Å²) < 4.78 is 5.87. The van der Waals surface area contributed by atoms with Crippen molar-refractivity contribution in [3.8, 4) is 5.75 Å². The zero-order chi connectivity index (χ0) is 27.2. The lowest BCUT2D eigenvalue weighted by Crippen LogP contribution is -2.28. The van der Waals surface area contributed by atoms with Gasteiger partial charge in [-0.1, -0.05) is 79.7 Å². The number of amides is 2. The molecule has 3 aromatic carbocycles. The van der Waals surface area contributed by atoms with Crippen LogP contribution in [0.5, 0.6) is 5.75 Å². The van der Waals surface area contributed by atoms with Crippen molar-refractivity contribution in [3.05, 3.63) is 129 Å². The summed E-state index contributed by atoms with van der Waals surface area (Å²) in [7, 11) is 0. The minimum atomic E-state index is -0.493. The molecular formula is C33H34N2O4. The highest BCUT2D eigenvalue weighted by Crippen LogP contribution is 2.48. The molecule has 0 radical (unpaired) electrons. The van der Waals surface area contributed by atoms with Crippen LogP contribution in [0.3, 0.4) is 0 Å². The summed E-state index contributed by atoms with van der Waals surface area (Å²) in [4.78, 5) is 25.9. The van der Waals surface area contributed by atoms with Gasteiger partial charge in [0.1, 0.15) is 11.5 Å². The highest BCUT2D eigenvalue weighted by Gasteiger charge is 2.37. The highest BCUT2D eigenvalue weighted by atomic mass is 16.4. The van der Waals surface area contributed by atoms with Crippen molar-refractivity contribution in [3.63, 3.8) is 0 Å². The fraction of sp³-hybridized carbons (Fsp3) is 0.273. The Hall–Kier alpha value is -4.32. The van der Waals surface area contributed by atoms with E-state index in [1.54, 1.807) is 6.07 Å². The molecule has 0 bridgehead atoms. The van der Waals surface area contributed by atoms with Crippen molar-refractivity contribution >= 4 is 11.7 Å². The SMILES string of the molecule is CCC(Cc1ccccc1)c1cc(O)c(C(c2cccc(NC(=O)NCc3ccccc3)c2)C2CC2)c(=O)o1. The van der Waals surface area contributed by atoms with Gasteiger partial charge in [0.15, 0.2) is 0 Å². The number of hydrogen-bond donors (Lipinski definition) is 3. The van der Waals surface area contributed by atoms with E-state index in [4.69, 9.17) is 4.42 Å². The molecular weight excluding hydrogens is 488 g/mol. The van der Waals surface area contributed by atoms with E-state index in [0.29, 0.717) is 23.6 Å². The molecule has 39 heavy (non-hydrogen) atoms. The molecule has 0 aliphatic heterocycles. The molecule has 3 N–H and O–H groups in total. The molecule has 2 unspecified atom stereocenters. The molecule has 2 atom stereocenters. The number of aromatic hydroxyl groups is 1. The predicted molar refractivity (Wildman–Crippen MR) is 153 cm³/mol. The number of hydrogen-bond acceptors (Lipinski definition) is 4. The molecule has 1 aliphatic rings. The third-order valence-electron chi connectivity index (χ3n) is 7.41. The maximum Gasteiger partial charge on any atom is 0.343 e. The van der Waals surface area contributed by atoms with E-state index in [1.807, 2.05) is 72.8 Å². The van der Waals surface area contributed by atoms with Gasteiger partial charge in [0, 0.05) is 30.1 Å². The van der Waals surface area contributed by atoms with Gasteiger partial charge in [-0.25, -0.2) is 9.59 Å². The summed E-state index contributed by atoms with van der Waals surface area (Å²) in [6.45, 7) is 2.47. The van der Waals surface area contributed by atoms with Gasteiger partial charge in [0.05, 0.1) is 5.56 Å². The fourth-order valence-electron chi connectivity index (χ4n) is 5.21. The molecule has 0 spiro atoms. The largest absolute Gasteiger partial charge is 0.507 e. The molecule has 0 saturated heterocycles. The average molecular weight is 523 g/mol. The second-order valence-corrected chi connectivity index (χ2v) is 10.3. The zero-order valence-corrected chi connectivity index (χ0v) is 22.1. The van der Waals surface area contributed by atoms with Crippen LogP contribution in [-0.2, 0) is 13.0 Å². The summed E-state index contributed by atoms with van der Waals surface area (Å²) in [5, 5.41) is 16.9. The van der Waals surface area contributed by atoms with E-state index in [2.05, 4.69) is 29.7 Å². The van der Waals surface area contributed by atoms with Crippen LogP contribution < -0.4 is 16.3 Å². The Morgan fingerprint density at radius 2 is 1.64 bits per heavy atom. The van der Waals surface area contributed by atoms with E-state index in [9.17, 15) is 14.7 Å². The van der Waals surface area contributed by atoms with Crippen LogP contribution >= 0.6 is 0 Å². The Balaban J connectivity index is 1.36. The van der Waals surface area contributed by atoms with E-state index >= 15 is 0 Å². The first-order valence-electron chi connectivity index (χ1n) is 13.6. The van der Waals surface area contributed by atoms with Crippen LogP contribution in [0.2, 0.25) is 0 Å². The summed E-state index contributed by atoms with van der Waals surface area (Å²) in [6, 6.07) is 28.6. The first-order valence-corrected chi connectivity index (χ1v) is 13.6. The zero-order valence-electron chi connectivity index (χ0n) is 22.1. The van der Waals surface area contributed by atoms with Crippen molar-refractivity contribution in [1.82, 2.24) is 5.32 Å². The molecule has 2 amide bonds. The molecule has 1 heterocycles. The van der Waals surface area contributed by atoms with Crippen molar-refractivity contribution < 1.29 is 14.3 Å². The Kier molecular flexibility index (Phi) is 8.11. The maximum absolute atomic E-state index is 13.4. The number of benzene rings is 3. The first-order chi connectivity index (χ1) is 19.0. The van der Waals surface area contributed by atoms with Crippen LogP contribution in [0.25, 0.3) is 0 Å². The van der Waals surface area contributed by atoms with Crippen LogP contribution in [0.1, 0.15) is 66.0 Å². The lowest BCUT2D eigenvalue weighted by molar-refractivity contribution is 0.251. The Morgan fingerprint density at radius 1 is 0.949 bits per heavy atom. The minimum Gasteiger partial charge on any atom is -0.507 e. The smallest absolute Gasteiger partial charge is 0.343 e. The Labute approximate surface area is 228 Å². The average Bonchev–Trinajstić information content (AvgIpc) is 3.79. The monoisotopic (exact) mass is 522 g/mol. The van der Waals surface area contributed by atoms with Gasteiger partial charge in [-0.05, 0) is 60.4 Å². The number of rotatable bonds is 10. The third-order valence-corrected chi connectivity index (χ3v) is 7.41. The summed E-state index contributed by atoms with van der Waals surface area (Å²) in [5.41, 5.74) is 3.45. The molecule has 4 aromatic rings. The molecule has 1 aromatic heterocycles. The molecule has 6 nitrogen and oxygen atoms in total. The molecule has 1 saturated carbocycles. The van der Waals surface area contributed by atoms with Crippen molar-refractivity contribution in [2.45, 2.75) is 51.0 Å². The summed E-state index contributed by atoms with van der Waals surface area (Å²) >= 11 is 0. The van der Waals surface area contributed by atoms with Crippen molar-refractivity contribution in [1.29, 1.82) is 0 Å². The number of urea groups is 1. The molecule has 6 heteroatoms. The van der Waals surface area contributed by atoms with Crippen molar-refractivity contribution in [2.75, 3.05) is 5.32 Å². The van der Waals surface area contributed by atoms with E-state index in [0.717, 1.165) is 42.4 Å². The highest BCUT2D eigenvalue weighted by molar-refractivity contribution is 5.89. The van der Waals surface area contributed by atoms with Gasteiger partial charge in [-0.15, -0.1) is 0 Å². The fourth-order valence-corrected chi connectivity index (χ4v) is 5.21. The van der Waals surface area contributed by atoms with Gasteiger partial charge in [0.25, 0.3) is 0 Å². The number of nitrogens with one attached hydrogen (secondary N) is 2. The first kappa shape index (κ1) is 26.3. The normalized spacial score (nSPS) is 14.4. The number of carbonyl (C=O) groups excluding carboxylic acids is 1. The van der Waals surface area contributed by atoms with E-state index in [-0.39, 0.29) is 29.5 Å². The van der Waals surface area contributed by atoms with Crippen LogP contribution in [0.4, 0.5) is 10.5 Å². The van der Waals surface area contributed by atoms with E-state index in [1.165, 1.54) is 0 Å². The number of carbonyl (C=O) groups is 1. The lowest BCUT2D eigenvalue weighted by Gasteiger charge is -2.20. The summed E-state index contributed by atoms with van der Waals surface area (Å²) in [6.07, 6.45) is 3.44. The predicted octanol–water partition coefficient (Wildman–Crippen LogP) is 6.95. The lowest BCUT2D eigenvalue weighted by atomic mass is 9.86. The van der Waals surface area contributed by atoms with Gasteiger partial charge in [-0.2, -0.15) is 0 Å². The Bertz CT molecular complexity index is 1460. The molecule has 1 aliphatic carbocycles. The molecule has 5 rings (SSSR count). The standard InChI is InChI=1S/C33H34N2O4/c1-2-24(18-22-10-5-3-6-11-22)29-20-28(36)31(32(37)39-29)30(25-16-17-25)26-14-9-15-27(19-26)35-33(38)34-21-23-12-7-4-8-13-23/h3-15,19-20,24-25,30,36H,2,16-18,21H2,1H3,(H2,34,35,38). The second kappa shape index (κ2) is 12.0. The van der Waals surface area contributed by atoms with Gasteiger partial charge < -0.3 is 20.2 Å². The summed E-state index contributed by atoms with van der Waals surface area (Å²) in [5.74, 6) is 0.398. The van der Waals surface area contributed by atoms with Crippen molar-refractivity contribution in [2.24, 2.45) is 5.92 Å². The van der Waals surface area contributed by atoms with Crippen LogP contribution in [0.15, 0.2) is 100 Å². The molecule has 200 valence electrons. The Morgan fingerprint density at radius 3 is 2.28 bits per heavy atom. The van der Waals surface area contributed by atoms with Crippen LogP contribution in [-0.4, -0.2) is 11.1 Å². The third kappa shape index (κ3) is 6.58. The van der Waals surface area contributed by atoms with Gasteiger partial charge in [-0.3, -0.25) is 0 Å². The maximum atomic E-state index is 13.4. The second-order valence-electron chi connectivity index (χ2n) is 10.3. The van der Waals surface area contributed by atoms with Gasteiger partial charge >= 0.3 is 11.7 Å². The quantitative estimate of drug-likeness (QED) is 0.210. The number of anilines is 1. The van der Waals surface area contributed by atoms with E-state index < -0.39 is 5.63 Å². The molecule has 1 fully saturated rings. The topological polar surface area (TPSA) is 91.6 Å². The minimum absolute atomic E-state index is 0.0126. The van der Waals surface area contributed by atoms with Crippen LogP contribution in [0, 0.1) is 5.92 Å².